The average Bonchev–Trinajstić information content (AvgIpc) is 2.50. The molecule has 1 heterocycles. The number of rotatable bonds is 3. The van der Waals surface area contributed by atoms with E-state index in [-0.39, 0.29) is 11.1 Å². The van der Waals surface area contributed by atoms with Gasteiger partial charge in [-0.05, 0) is 42.1 Å². The molecular formula is C18H14F3NO. The van der Waals surface area contributed by atoms with Gasteiger partial charge in [0, 0.05) is 11.8 Å². The highest BCUT2D eigenvalue weighted by atomic mass is 19.1. The van der Waals surface area contributed by atoms with E-state index in [9.17, 15) is 18.0 Å². The van der Waals surface area contributed by atoms with Crippen molar-refractivity contribution in [3.63, 3.8) is 0 Å². The first-order valence-corrected chi connectivity index (χ1v) is 7.31. The van der Waals surface area contributed by atoms with E-state index in [0.29, 0.717) is 17.5 Å². The van der Waals surface area contributed by atoms with Crippen LogP contribution in [-0.4, -0.2) is 4.57 Å². The maximum Gasteiger partial charge on any atom is 0.263 e. The highest BCUT2D eigenvalue weighted by Crippen LogP contribution is 2.20. The van der Waals surface area contributed by atoms with E-state index in [0.717, 1.165) is 24.6 Å². The van der Waals surface area contributed by atoms with E-state index in [2.05, 4.69) is 0 Å². The molecule has 0 atom stereocenters. The van der Waals surface area contributed by atoms with Gasteiger partial charge in [0.25, 0.3) is 5.56 Å². The number of nitrogens with zero attached hydrogens (tertiary/aromatic N) is 1. The van der Waals surface area contributed by atoms with Gasteiger partial charge in [0.15, 0.2) is 0 Å². The summed E-state index contributed by atoms with van der Waals surface area (Å²) in [4.78, 5) is 12.7. The number of aromatic nitrogens is 1. The van der Waals surface area contributed by atoms with Crippen LogP contribution in [0.5, 0.6) is 0 Å². The zero-order valence-electron chi connectivity index (χ0n) is 12.4. The van der Waals surface area contributed by atoms with E-state index in [1.807, 2.05) is 6.92 Å². The van der Waals surface area contributed by atoms with Gasteiger partial charge in [-0.3, -0.25) is 9.36 Å². The summed E-state index contributed by atoms with van der Waals surface area (Å²) >= 11 is 0. The topological polar surface area (TPSA) is 22.0 Å². The van der Waals surface area contributed by atoms with Crippen molar-refractivity contribution in [2.75, 3.05) is 0 Å². The summed E-state index contributed by atoms with van der Waals surface area (Å²) in [5.41, 5.74) is 0.0454. The minimum atomic E-state index is -0.833. The number of aryl methyl sites for hydroxylation is 1. The van der Waals surface area contributed by atoms with Crippen molar-refractivity contribution in [3.8, 4) is 5.69 Å². The SMILES string of the molecule is CCCc1cc2ccc(F)cc2c(=O)n1-c1ccc(F)cc1F. The van der Waals surface area contributed by atoms with Crippen LogP contribution < -0.4 is 5.56 Å². The quantitative estimate of drug-likeness (QED) is 0.703. The van der Waals surface area contributed by atoms with Gasteiger partial charge in [0.2, 0.25) is 0 Å². The van der Waals surface area contributed by atoms with Gasteiger partial charge in [0.05, 0.1) is 11.1 Å². The van der Waals surface area contributed by atoms with Crippen LogP contribution in [0.1, 0.15) is 19.0 Å². The van der Waals surface area contributed by atoms with Crippen LogP contribution in [0, 0.1) is 17.5 Å². The van der Waals surface area contributed by atoms with Crippen LogP contribution in [0.4, 0.5) is 13.2 Å². The third-order valence-electron chi connectivity index (χ3n) is 3.71. The molecule has 0 aliphatic rings. The number of hydrogen-bond donors (Lipinski definition) is 0. The first-order chi connectivity index (χ1) is 11.0. The number of halogens is 3. The molecule has 1 aromatic heterocycles. The van der Waals surface area contributed by atoms with Crippen LogP contribution in [0.25, 0.3) is 16.5 Å². The van der Waals surface area contributed by atoms with Gasteiger partial charge in [-0.2, -0.15) is 0 Å². The molecule has 2 aromatic carbocycles. The number of benzene rings is 2. The van der Waals surface area contributed by atoms with Crippen molar-refractivity contribution < 1.29 is 13.2 Å². The smallest absolute Gasteiger partial charge is 0.263 e. The molecule has 0 unspecified atom stereocenters. The largest absolute Gasteiger partial charge is 0.278 e. The fourth-order valence-electron chi connectivity index (χ4n) is 2.70. The van der Waals surface area contributed by atoms with E-state index >= 15 is 0 Å². The predicted molar refractivity (Wildman–Crippen MR) is 83.4 cm³/mol. The molecule has 2 nitrogen and oxygen atoms in total. The summed E-state index contributed by atoms with van der Waals surface area (Å²) in [6, 6.07) is 8.71. The number of hydrogen-bond acceptors (Lipinski definition) is 1. The fraction of sp³-hybridized carbons (Fsp3) is 0.167. The lowest BCUT2D eigenvalue weighted by molar-refractivity contribution is 0.575. The lowest BCUT2D eigenvalue weighted by atomic mass is 10.1. The van der Waals surface area contributed by atoms with Crippen LogP contribution in [0.15, 0.2) is 47.3 Å². The molecular weight excluding hydrogens is 303 g/mol. The molecule has 0 saturated carbocycles. The second-order valence-electron chi connectivity index (χ2n) is 5.35. The van der Waals surface area contributed by atoms with Crippen molar-refractivity contribution in [1.82, 2.24) is 4.57 Å². The van der Waals surface area contributed by atoms with Crippen molar-refractivity contribution in [3.05, 3.63) is 76.0 Å². The van der Waals surface area contributed by atoms with Crippen LogP contribution >= 0.6 is 0 Å². The van der Waals surface area contributed by atoms with Gasteiger partial charge in [-0.1, -0.05) is 19.4 Å². The maximum atomic E-state index is 14.1. The third-order valence-corrected chi connectivity index (χ3v) is 3.71. The van der Waals surface area contributed by atoms with Gasteiger partial charge in [-0.15, -0.1) is 0 Å². The van der Waals surface area contributed by atoms with E-state index < -0.39 is 23.0 Å². The Morgan fingerprint density at radius 2 is 1.65 bits per heavy atom. The molecule has 0 bridgehead atoms. The molecule has 0 saturated heterocycles. The van der Waals surface area contributed by atoms with Crippen molar-refractivity contribution in [2.24, 2.45) is 0 Å². The van der Waals surface area contributed by atoms with Gasteiger partial charge < -0.3 is 0 Å². The summed E-state index contributed by atoms with van der Waals surface area (Å²) in [6.07, 6.45) is 1.29. The summed E-state index contributed by atoms with van der Waals surface area (Å²) in [5, 5.41) is 0.757. The van der Waals surface area contributed by atoms with Gasteiger partial charge >= 0.3 is 0 Å². The Morgan fingerprint density at radius 1 is 0.957 bits per heavy atom. The summed E-state index contributed by atoms with van der Waals surface area (Å²) in [6.45, 7) is 1.94. The van der Waals surface area contributed by atoms with E-state index in [1.54, 1.807) is 6.07 Å². The predicted octanol–water partition coefficient (Wildman–Crippen LogP) is 4.36. The van der Waals surface area contributed by atoms with Crippen molar-refractivity contribution in [1.29, 1.82) is 0 Å². The molecule has 3 aromatic rings. The first kappa shape index (κ1) is 15.3. The molecule has 0 fully saturated rings. The normalized spacial score (nSPS) is 11.1. The Labute approximate surface area is 130 Å². The monoisotopic (exact) mass is 317 g/mol. The Bertz CT molecular complexity index is 947. The van der Waals surface area contributed by atoms with Crippen LogP contribution in [0.2, 0.25) is 0 Å². The Balaban J connectivity index is 2.39. The molecule has 0 aliphatic heterocycles. The minimum Gasteiger partial charge on any atom is -0.278 e. The molecule has 5 heteroatoms. The lowest BCUT2D eigenvalue weighted by Crippen LogP contribution is -2.23. The Kier molecular flexibility index (Phi) is 3.94. The molecule has 0 amide bonds. The molecule has 118 valence electrons. The van der Waals surface area contributed by atoms with Gasteiger partial charge in [0.1, 0.15) is 17.5 Å². The average molecular weight is 317 g/mol. The van der Waals surface area contributed by atoms with Crippen LogP contribution in [-0.2, 0) is 6.42 Å². The fourth-order valence-corrected chi connectivity index (χ4v) is 2.70. The van der Waals surface area contributed by atoms with Gasteiger partial charge in [-0.25, -0.2) is 13.2 Å². The Hall–Kier alpha value is -2.56. The molecule has 23 heavy (non-hydrogen) atoms. The van der Waals surface area contributed by atoms with E-state index in [4.69, 9.17) is 0 Å². The standard InChI is InChI=1S/C18H14F3NO/c1-2-3-14-8-11-4-5-12(19)9-15(11)18(23)22(14)17-7-6-13(20)10-16(17)21/h4-10H,2-3H2,1H3. The van der Waals surface area contributed by atoms with Crippen molar-refractivity contribution in [2.45, 2.75) is 19.8 Å². The zero-order valence-corrected chi connectivity index (χ0v) is 12.4. The second kappa shape index (κ2) is 5.91. The van der Waals surface area contributed by atoms with Crippen molar-refractivity contribution >= 4 is 10.8 Å². The molecule has 0 radical (unpaired) electrons. The summed E-state index contributed by atoms with van der Waals surface area (Å²) in [5.74, 6) is -2.09. The van der Waals surface area contributed by atoms with Crippen LogP contribution in [0.3, 0.4) is 0 Å². The highest BCUT2D eigenvalue weighted by Gasteiger charge is 2.15. The van der Waals surface area contributed by atoms with E-state index in [1.165, 1.54) is 22.8 Å². The number of pyridine rings is 1. The minimum absolute atomic E-state index is 0.0361. The second-order valence-corrected chi connectivity index (χ2v) is 5.35. The first-order valence-electron chi connectivity index (χ1n) is 7.31. The molecule has 3 rings (SSSR count). The summed E-state index contributed by atoms with van der Waals surface area (Å²) < 4.78 is 41.9. The summed E-state index contributed by atoms with van der Waals surface area (Å²) in [7, 11) is 0. The maximum absolute atomic E-state index is 14.1. The molecule has 0 N–H and O–H groups in total. The highest BCUT2D eigenvalue weighted by molar-refractivity contribution is 5.82. The number of fused-ring (bicyclic) bond motifs is 1. The zero-order chi connectivity index (χ0) is 16.6. The molecule has 0 aliphatic carbocycles. The third kappa shape index (κ3) is 2.74. The lowest BCUT2D eigenvalue weighted by Gasteiger charge is -2.15. The Morgan fingerprint density at radius 3 is 2.35 bits per heavy atom. The molecule has 0 spiro atoms.